The molecule has 1 heteroatoms. The maximum absolute atomic E-state index is 2.52. The van der Waals surface area contributed by atoms with E-state index in [1.807, 2.05) is 13.8 Å². The molecular weight excluding hydrogens is 723 g/mol. The molecule has 296 valence electrons. The quantitative estimate of drug-likeness (QED) is 0.168. The molecule has 8 aromatic carbocycles. The van der Waals surface area contributed by atoms with Crippen molar-refractivity contribution in [1.82, 2.24) is 4.57 Å². The average Bonchev–Trinajstić information content (AvgIpc) is 3.64. The minimum Gasteiger partial charge on any atom is -0.308 e. The van der Waals surface area contributed by atoms with Gasteiger partial charge in [0.2, 0.25) is 0 Å². The highest BCUT2D eigenvalue weighted by atomic mass is 15.0. The van der Waals surface area contributed by atoms with Crippen LogP contribution in [0.4, 0.5) is 0 Å². The number of allylic oxidation sites excluding steroid dienone is 5. The van der Waals surface area contributed by atoms with E-state index in [0.29, 0.717) is 0 Å². The largest absolute Gasteiger partial charge is 0.308 e. The molecule has 0 atom stereocenters. The third kappa shape index (κ3) is 8.54. The molecule has 1 heterocycles. The average molecular weight is 778 g/mol. The highest BCUT2D eigenvalue weighted by Gasteiger charge is 2.20. The summed E-state index contributed by atoms with van der Waals surface area (Å²) in [5.41, 5.74) is 16.1. The van der Waals surface area contributed by atoms with E-state index in [-0.39, 0.29) is 0 Å². The highest BCUT2D eigenvalue weighted by Crippen LogP contribution is 2.40. The van der Waals surface area contributed by atoms with Gasteiger partial charge in [-0.05, 0) is 114 Å². The highest BCUT2D eigenvalue weighted by molar-refractivity contribution is 6.13. The number of hydrogen-bond acceptors (Lipinski definition) is 0. The van der Waals surface area contributed by atoms with Gasteiger partial charge in [-0.3, -0.25) is 0 Å². The van der Waals surface area contributed by atoms with Crippen LogP contribution in [0.25, 0.3) is 71.8 Å². The van der Waals surface area contributed by atoms with E-state index in [2.05, 4.69) is 220 Å². The van der Waals surface area contributed by atoms with Crippen molar-refractivity contribution in [3.8, 4) is 16.8 Å². The molecule has 11 rings (SSSR count). The van der Waals surface area contributed by atoms with Crippen molar-refractivity contribution in [3.05, 3.63) is 221 Å². The molecule has 0 radical (unpaired) electrons. The van der Waals surface area contributed by atoms with Gasteiger partial charge < -0.3 is 4.57 Å². The number of fused-ring (bicyclic) bond motifs is 7. The van der Waals surface area contributed by atoms with E-state index in [4.69, 9.17) is 0 Å². The standard InChI is InChI=1S/C33H25N.C13H14.C11H10.C2H6/c1-22-13-15-23(16-14-22)26-18-20-32-30(21-26)29-19-17-25-8-3-5-11-28(25)33(29)34(32)31-12-6-9-24-7-2-4-10-27(24)31;1-11-7-9-13(10-8-11)12-5-3-2-4-6-12;1-9-6-7-10-4-2-3-5-11(10)8-9;1-2/h2-4,6-10,12-21H,5,11H2,1H3;2-7,9H,8,10H2,1H3;2-8H,1H3;1-2H3. The van der Waals surface area contributed by atoms with E-state index >= 15 is 0 Å². The van der Waals surface area contributed by atoms with E-state index in [1.165, 1.54) is 112 Å². The SMILES string of the molecule is CC.CC1=CC=C(c2ccccc2)CC1.Cc1ccc(-c2ccc3c(c2)c2ccc4c(c2n3-c2cccc3ccccc23)CCC=C4)cc1.Cc1ccc2ccccc2c1. The maximum atomic E-state index is 2.52. The molecule has 0 spiro atoms. The van der Waals surface area contributed by atoms with Crippen LogP contribution in [0, 0.1) is 13.8 Å². The Bertz CT molecular complexity index is 3000. The van der Waals surface area contributed by atoms with Crippen LogP contribution in [0.3, 0.4) is 0 Å². The van der Waals surface area contributed by atoms with Gasteiger partial charge in [0.1, 0.15) is 0 Å². The van der Waals surface area contributed by atoms with Crippen LogP contribution >= 0.6 is 0 Å². The van der Waals surface area contributed by atoms with Crippen molar-refractivity contribution in [1.29, 1.82) is 0 Å². The molecule has 9 aromatic rings. The van der Waals surface area contributed by atoms with Crippen LogP contribution < -0.4 is 0 Å². The molecule has 1 nitrogen and oxygen atoms in total. The van der Waals surface area contributed by atoms with E-state index in [0.717, 1.165) is 12.8 Å². The van der Waals surface area contributed by atoms with Gasteiger partial charge in [0, 0.05) is 16.2 Å². The summed E-state index contributed by atoms with van der Waals surface area (Å²) in [6, 6.07) is 61.4. The zero-order valence-corrected chi connectivity index (χ0v) is 35.8. The van der Waals surface area contributed by atoms with Crippen LogP contribution in [0.1, 0.15) is 67.9 Å². The molecule has 0 fully saturated rings. The molecule has 0 bridgehead atoms. The second-order valence-corrected chi connectivity index (χ2v) is 15.8. The molecular formula is C59H55N. The van der Waals surface area contributed by atoms with E-state index in [9.17, 15) is 0 Å². The van der Waals surface area contributed by atoms with Crippen molar-refractivity contribution in [2.24, 2.45) is 0 Å². The van der Waals surface area contributed by atoms with Crippen LogP contribution in [-0.2, 0) is 6.42 Å². The fourth-order valence-electron chi connectivity index (χ4n) is 8.57. The summed E-state index contributed by atoms with van der Waals surface area (Å²) in [5.74, 6) is 0. The zero-order valence-electron chi connectivity index (χ0n) is 35.8. The number of rotatable bonds is 3. The Kier molecular flexibility index (Phi) is 12.3. The lowest BCUT2D eigenvalue weighted by Gasteiger charge is -2.17. The first-order valence-electron chi connectivity index (χ1n) is 21.7. The number of aromatic nitrogens is 1. The Morgan fingerprint density at radius 3 is 1.93 bits per heavy atom. The Hall–Kier alpha value is -6.70. The summed E-state index contributed by atoms with van der Waals surface area (Å²) >= 11 is 0. The van der Waals surface area contributed by atoms with Gasteiger partial charge in [0.15, 0.2) is 0 Å². The van der Waals surface area contributed by atoms with Crippen molar-refractivity contribution in [2.45, 2.75) is 60.3 Å². The van der Waals surface area contributed by atoms with Crippen LogP contribution in [-0.4, -0.2) is 4.57 Å². The number of benzene rings is 8. The second kappa shape index (κ2) is 18.5. The van der Waals surface area contributed by atoms with Gasteiger partial charge in [-0.1, -0.05) is 207 Å². The molecule has 0 saturated carbocycles. The zero-order chi connectivity index (χ0) is 41.4. The molecule has 60 heavy (non-hydrogen) atoms. The lowest BCUT2D eigenvalue weighted by molar-refractivity contribution is 0.977. The Labute approximate surface area is 356 Å². The number of aryl methyl sites for hydroxylation is 3. The summed E-state index contributed by atoms with van der Waals surface area (Å²) in [6.45, 7) is 10.5. The smallest absolute Gasteiger partial charge is 0.0579 e. The van der Waals surface area contributed by atoms with E-state index in [1.54, 1.807) is 0 Å². The first-order valence-corrected chi connectivity index (χ1v) is 21.7. The Morgan fingerprint density at radius 1 is 0.450 bits per heavy atom. The van der Waals surface area contributed by atoms with E-state index < -0.39 is 0 Å². The van der Waals surface area contributed by atoms with Gasteiger partial charge in [-0.2, -0.15) is 0 Å². The van der Waals surface area contributed by atoms with Gasteiger partial charge in [-0.25, -0.2) is 0 Å². The summed E-state index contributed by atoms with van der Waals surface area (Å²) in [5, 5.41) is 7.86. The van der Waals surface area contributed by atoms with Crippen LogP contribution in [0.5, 0.6) is 0 Å². The molecule has 1 aromatic heterocycles. The summed E-state index contributed by atoms with van der Waals surface area (Å²) in [6.07, 6.45) is 13.6. The lowest BCUT2D eigenvalue weighted by atomic mass is 9.94. The molecule has 2 aliphatic carbocycles. The molecule has 0 aliphatic heterocycles. The molecule has 0 unspecified atom stereocenters. The monoisotopic (exact) mass is 777 g/mol. The summed E-state index contributed by atoms with van der Waals surface area (Å²) < 4.78 is 2.52. The second-order valence-electron chi connectivity index (χ2n) is 15.8. The molecule has 0 amide bonds. The van der Waals surface area contributed by atoms with Crippen LogP contribution in [0.2, 0.25) is 0 Å². The van der Waals surface area contributed by atoms with Crippen molar-refractivity contribution < 1.29 is 0 Å². The predicted molar refractivity (Wildman–Crippen MR) is 263 cm³/mol. The fourth-order valence-corrected chi connectivity index (χ4v) is 8.57. The molecule has 0 saturated heterocycles. The Morgan fingerprint density at radius 2 is 1.15 bits per heavy atom. The van der Waals surface area contributed by atoms with Gasteiger partial charge in [0.25, 0.3) is 0 Å². The van der Waals surface area contributed by atoms with Gasteiger partial charge in [0.05, 0.1) is 16.7 Å². The molecule has 2 aliphatic rings. The summed E-state index contributed by atoms with van der Waals surface area (Å²) in [4.78, 5) is 0. The van der Waals surface area contributed by atoms with Gasteiger partial charge >= 0.3 is 0 Å². The third-order valence-electron chi connectivity index (χ3n) is 11.7. The van der Waals surface area contributed by atoms with Crippen molar-refractivity contribution in [3.63, 3.8) is 0 Å². The number of nitrogens with zero attached hydrogens (tertiary/aromatic N) is 1. The maximum Gasteiger partial charge on any atom is 0.0579 e. The van der Waals surface area contributed by atoms with Crippen LogP contribution in [0.15, 0.2) is 194 Å². The summed E-state index contributed by atoms with van der Waals surface area (Å²) in [7, 11) is 0. The normalized spacial score (nSPS) is 12.9. The van der Waals surface area contributed by atoms with Crippen molar-refractivity contribution >= 4 is 55.0 Å². The minimum absolute atomic E-state index is 1.08. The number of hydrogen-bond donors (Lipinski definition) is 0. The topological polar surface area (TPSA) is 4.93 Å². The third-order valence-corrected chi connectivity index (χ3v) is 11.7. The fraction of sp³-hybridized carbons (Fsp3) is 0.153. The van der Waals surface area contributed by atoms with Gasteiger partial charge in [-0.15, -0.1) is 0 Å². The molecule has 0 N–H and O–H groups in total. The minimum atomic E-state index is 1.08. The Balaban J connectivity index is 0.000000156. The lowest BCUT2D eigenvalue weighted by Crippen LogP contribution is -2.01. The first kappa shape index (κ1) is 40.1. The van der Waals surface area contributed by atoms with Crippen molar-refractivity contribution in [2.75, 3.05) is 0 Å². The predicted octanol–water partition coefficient (Wildman–Crippen LogP) is 16.9. The first-order chi connectivity index (χ1) is 29.5.